The Morgan fingerprint density at radius 3 is 2.68 bits per heavy atom. The molecule has 1 aliphatic rings. The summed E-state index contributed by atoms with van der Waals surface area (Å²) in [5.74, 6) is 0.452. The smallest absolute Gasteiger partial charge is 0.152 e. The second-order valence-electron chi connectivity index (χ2n) is 6.95. The molecule has 0 amide bonds. The fourth-order valence-corrected chi connectivity index (χ4v) is 4.34. The van der Waals surface area contributed by atoms with E-state index in [9.17, 15) is 5.11 Å². The monoisotopic (exact) mass is 360 g/mol. The van der Waals surface area contributed by atoms with Crippen molar-refractivity contribution in [2.45, 2.75) is 57.1 Å². The third-order valence-corrected chi connectivity index (χ3v) is 5.50. The van der Waals surface area contributed by atoms with Gasteiger partial charge in [-0.2, -0.15) is 0 Å². The second-order valence-corrected chi connectivity index (χ2v) is 6.95. The van der Waals surface area contributed by atoms with E-state index in [0.717, 1.165) is 54.0 Å². The van der Waals surface area contributed by atoms with E-state index in [1.807, 2.05) is 24.5 Å². The summed E-state index contributed by atoms with van der Waals surface area (Å²) in [6, 6.07) is 8.01. The van der Waals surface area contributed by atoms with Crippen molar-refractivity contribution in [2.24, 2.45) is 0 Å². The molecule has 5 nitrogen and oxygen atoms in total. The maximum absolute atomic E-state index is 11.3. The summed E-state index contributed by atoms with van der Waals surface area (Å²) in [6.07, 6.45) is 7.78. The van der Waals surface area contributed by atoms with Gasteiger partial charge in [0.2, 0.25) is 0 Å². The van der Waals surface area contributed by atoms with Gasteiger partial charge in [0, 0.05) is 5.39 Å². The van der Waals surface area contributed by atoms with Crippen LogP contribution in [0, 0.1) is 0 Å². The largest absolute Gasteiger partial charge is 0.388 e. The minimum Gasteiger partial charge on any atom is -0.388 e. The molecule has 0 spiro atoms. The summed E-state index contributed by atoms with van der Waals surface area (Å²) in [5.41, 5.74) is 8.06. The minimum absolute atomic E-state index is 0. The number of nitrogens with zero attached hydrogens (tertiary/aromatic N) is 3. The van der Waals surface area contributed by atoms with Gasteiger partial charge in [-0.1, -0.05) is 44.4 Å². The van der Waals surface area contributed by atoms with Crippen LogP contribution in [-0.4, -0.2) is 25.2 Å². The topological polar surface area (TPSA) is 77.0 Å². The molecule has 3 aromatic rings. The highest BCUT2D eigenvalue weighted by atomic mass is 35.5. The van der Waals surface area contributed by atoms with Crippen LogP contribution in [0.2, 0.25) is 0 Å². The first-order valence-electron chi connectivity index (χ1n) is 8.87. The second kappa shape index (κ2) is 6.81. The number of imidazole rings is 1. The SMILES string of the molecule is CC[C@@H](n1cnc2c(N)nc3ccccc3c21)C1(O)CCCCC1.Cl. The van der Waals surface area contributed by atoms with Crippen molar-refractivity contribution in [1.29, 1.82) is 0 Å². The van der Waals surface area contributed by atoms with E-state index >= 15 is 0 Å². The molecule has 2 aromatic heterocycles. The van der Waals surface area contributed by atoms with Crippen molar-refractivity contribution in [3.8, 4) is 0 Å². The van der Waals surface area contributed by atoms with Crippen LogP contribution in [0.25, 0.3) is 21.9 Å². The molecule has 0 aliphatic heterocycles. The Balaban J connectivity index is 0.00000182. The molecule has 1 aliphatic carbocycles. The van der Waals surface area contributed by atoms with Crippen LogP contribution in [0.1, 0.15) is 51.5 Å². The predicted molar refractivity (Wildman–Crippen MR) is 104 cm³/mol. The predicted octanol–water partition coefficient (Wildman–Crippen LogP) is 4.23. The van der Waals surface area contributed by atoms with Gasteiger partial charge in [0.15, 0.2) is 5.82 Å². The maximum atomic E-state index is 11.3. The van der Waals surface area contributed by atoms with Gasteiger partial charge >= 0.3 is 0 Å². The third-order valence-electron chi connectivity index (χ3n) is 5.50. The number of anilines is 1. The molecule has 1 atom stereocenters. The summed E-state index contributed by atoms with van der Waals surface area (Å²) in [4.78, 5) is 9.00. The minimum atomic E-state index is -0.667. The van der Waals surface area contributed by atoms with E-state index in [-0.39, 0.29) is 18.4 Å². The van der Waals surface area contributed by atoms with E-state index in [1.54, 1.807) is 0 Å². The number of halogens is 1. The van der Waals surface area contributed by atoms with Gasteiger partial charge in [0.05, 0.1) is 29.0 Å². The van der Waals surface area contributed by atoms with E-state index in [0.29, 0.717) is 5.82 Å². The Bertz CT molecular complexity index is 886. The molecule has 0 unspecified atom stereocenters. The number of aromatic nitrogens is 3. The molecular formula is C19H25ClN4O. The molecule has 0 radical (unpaired) electrons. The molecule has 3 N–H and O–H groups in total. The first-order chi connectivity index (χ1) is 11.6. The Morgan fingerprint density at radius 1 is 1.24 bits per heavy atom. The molecule has 1 aromatic carbocycles. The number of benzene rings is 1. The van der Waals surface area contributed by atoms with Gasteiger partial charge in [-0.15, -0.1) is 12.4 Å². The van der Waals surface area contributed by atoms with Crippen molar-refractivity contribution < 1.29 is 5.11 Å². The van der Waals surface area contributed by atoms with Gasteiger partial charge in [0.1, 0.15) is 5.52 Å². The number of aliphatic hydroxyl groups is 1. The number of pyridine rings is 1. The highest BCUT2D eigenvalue weighted by molar-refractivity contribution is 6.06. The van der Waals surface area contributed by atoms with Crippen molar-refractivity contribution in [3.05, 3.63) is 30.6 Å². The summed E-state index contributed by atoms with van der Waals surface area (Å²) in [7, 11) is 0. The van der Waals surface area contributed by atoms with Gasteiger partial charge in [-0.25, -0.2) is 9.97 Å². The third kappa shape index (κ3) is 2.85. The van der Waals surface area contributed by atoms with E-state index in [1.165, 1.54) is 6.42 Å². The Morgan fingerprint density at radius 2 is 1.96 bits per heavy atom. The first-order valence-corrected chi connectivity index (χ1v) is 8.87. The van der Waals surface area contributed by atoms with Crippen molar-refractivity contribution in [1.82, 2.24) is 14.5 Å². The van der Waals surface area contributed by atoms with Crippen molar-refractivity contribution >= 4 is 40.2 Å². The van der Waals surface area contributed by atoms with E-state index in [4.69, 9.17) is 5.73 Å². The molecular weight excluding hydrogens is 336 g/mol. The fourth-order valence-electron chi connectivity index (χ4n) is 4.34. The average Bonchev–Trinajstić information content (AvgIpc) is 3.02. The number of rotatable bonds is 3. The Labute approximate surface area is 153 Å². The quantitative estimate of drug-likeness (QED) is 0.732. The highest BCUT2D eigenvalue weighted by Gasteiger charge is 2.38. The molecule has 6 heteroatoms. The van der Waals surface area contributed by atoms with Gasteiger partial charge in [-0.3, -0.25) is 0 Å². The fraction of sp³-hybridized carbons (Fsp3) is 0.474. The highest BCUT2D eigenvalue weighted by Crippen LogP contribution is 2.41. The van der Waals surface area contributed by atoms with Crippen LogP contribution < -0.4 is 5.73 Å². The van der Waals surface area contributed by atoms with Gasteiger partial charge in [-0.05, 0) is 25.3 Å². The number of nitrogens with two attached hydrogens (primary N) is 1. The number of nitrogen functional groups attached to an aromatic ring is 1. The van der Waals surface area contributed by atoms with Gasteiger partial charge in [0.25, 0.3) is 0 Å². The summed E-state index contributed by atoms with van der Waals surface area (Å²) in [5, 5.41) is 12.3. The standard InChI is InChI=1S/C19H24N4O.ClH/c1-2-15(19(24)10-6-3-7-11-19)23-12-21-16-17(23)13-8-4-5-9-14(13)22-18(16)20;/h4-5,8-9,12,15,24H,2-3,6-7,10-11H2,1H3,(H2,20,22);1H/t15-;/m1./s1. The lowest BCUT2D eigenvalue weighted by molar-refractivity contribution is -0.0433. The lowest BCUT2D eigenvalue weighted by Gasteiger charge is -2.39. The number of hydrogen-bond donors (Lipinski definition) is 2. The van der Waals surface area contributed by atoms with Crippen LogP contribution in [0.3, 0.4) is 0 Å². The molecule has 25 heavy (non-hydrogen) atoms. The number of fused-ring (bicyclic) bond motifs is 3. The molecule has 0 bridgehead atoms. The Kier molecular flexibility index (Phi) is 4.89. The van der Waals surface area contributed by atoms with Crippen LogP contribution >= 0.6 is 12.4 Å². The Hall–Kier alpha value is -1.85. The number of para-hydroxylation sites is 1. The molecule has 4 rings (SSSR count). The summed E-state index contributed by atoms with van der Waals surface area (Å²) >= 11 is 0. The lowest BCUT2D eigenvalue weighted by Crippen LogP contribution is -2.40. The summed E-state index contributed by atoms with van der Waals surface area (Å²) in [6.45, 7) is 2.13. The van der Waals surface area contributed by atoms with Crippen LogP contribution in [0.4, 0.5) is 5.82 Å². The van der Waals surface area contributed by atoms with Crippen molar-refractivity contribution in [2.75, 3.05) is 5.73 Å². The zero-order valence-electron chi connectivity index (χ0n) is 14.5. The molecule has 1 saturated carbocycles. The maximum Gasteiger partial charge on any atom is 0.152 e. The van der Waals surface area contributed by atoms with E-state index in [2.05, 4.69) is 27.5 Å². The lowest BCUT2D eigenvalue weighted by atomic mass is 9.78. The van der Waals surface area contributed by atoms with Crippen LogP contribution in [0.5, 0.6) is 0 Å². The zero-order chi connectivity index (χ0) is 16.7. The van der Waals surface area contributed by atoms with Crippen LogP contribution in [0.15, 0.2) is 30.6 Å². The molecule has 0 saturated heterocycles. The molecule has 134 valence electrons. The van der Waals surface area contributed by atoms with Crippen LogP contribution in [-0.2, 0) is 0 Å². The molecule has 1 fully saturated rings. The normalized spacial score (nSPS) is 18.2. The van der Waals surface area contributed by atoms with E-state index < -0.39 is 5.60 Å². The zero-order valence-corrected chi connectivity index (χ0v) is 15.3. The van der Waals surface area contributed by atoms with Gasteiger partial charge < -0.3 is 15.4 Å². The number of hydrogen-bond acceptors (Lipinski definition) is 4. The molecule has 2 heterocycles. The van der Waals surface area contributed by atoms with Crippen molar-refractivity contribution in [3.63, 3.8) is 0 Å². The first kappa shape index (κ1) is 18.0. The summed E-state index contributed by atoms with van der Waals surface area (Å²) < 4.78 is 2.14. The average molecular weight is 361 g/mol.